The Kier molecular flexibility index (Phi) is 3.43. The summed E-state index contributed by atoms with van der Waals surface area (Å²) in [6.45, 7) is 11.1. The summed E-state index contributed by atoms with van der Waals surface area (Å²) >= 11 is 0. The Hall–Kier alpha value is -1.02. The fourth-order valence-electron chi connectivity index (χ4n) is 2.52. The Labute approximate surface area is 105 Å². The molecule has 1 unspecified atom stereocenters. The Morgan fingerprint density at radius 2 is 1.94 bits per heavy atom. The van der Waals surface area contributed by atoms with Gasteiger partial charge in [-0.1, -0.05) is 24.6 Å². The highest BCUT2D eigenvalue weighted by molar-refractivity contribution is 5.49. The van der Waals surface area contributed by atoms with Crippen LogP contribution in [0.3, 0.4) is 0 Å². The van der Waals surface area contributed by atoms with E-state index in [1.807, 2.05) is 0 Å². The summed E-state index contributed by atoms with van der Waals surface area (Å²) in [5.41, 5.74) is 2.89. The fourth-order valence-corrected chi connectivity index (χ4v) is 2.52. The molecule has 0 saturated carbocycles. The molecule has 2 heteroatoms. The van der Waals surface area contributed by atoms with Crippen LogP contribution in [0.25, 0.3) is 0 Å². The van der Waals surface area contributed by atoms with E-state index < -0.39 is 0 Å². The third-order valence-electron chi connectivity index (χ3n) is 3.66. The van der Waals surface area contributed by atoms with Crippen LogP contribution in [0, 0.1) is 6.92 Å². The van der Waals surface area contributed by atoms with Crippen molar-refractivity contribution in [2.24, 2.45) is 0 Å². The number of anilines is 1. The van der Waals surface area contributed by atoms with Gasteiger partial charge in [-0.3, -0.25) is 0 Å². The Balaban J connectivity index is 2.23. The van der Waals surface area contributed by atoms with Crippen molar-refractivity contribution >= 4 is 5.69 Å². The Morgan fingerprint density at radius 1 is 1.29 bits per heavy atom. The Bertz CT molecular complexity index is 367. The summed E-state index contributed by atoms with van der Waals surface area (Å²) in [6, 6.07) is 9.53. The molecule has 0 amide bonds. The third kappa shape index (κ3) is 2.81. The molecule has 94 valence electrons. The molecule has 2 nitrogen and oxygen atoms in total. The molecular formula is C15H24N2. The lowest BCUT2D eigenvalue weighted by atomic mass is 9.96. The SMILES string of the molecule is CCC1CNC(C)(C)CN1c1ccc(C)cc1. The van der Waals surface area contributed by atoms with Crippen molar-refractivity contribution in [3.63, 3.8) is 0 Å². The second-order valence-electron chi connectivity index (χ2n) is 5.79. The second kappa shape index (κ2) is 4.69. The summed E-state index contributed by atoms with van der Waals surface area (Å²) in [5.74, 6) is 0. The lowest BCUT2D eigenvalue weighted by Gasteiger charge is -2.45. The van der Waals surface area contributed by atoms with Crippen molar-refractivity contribution in [3.8, 4) is 0 Å². The zero-order chi connectivity index (χ0) is 12.5. The molecule has 0 spiro atoms. The van der Waals surface area contributed by atoms with Crippen LogP contribution < -0.4 is 10.2 Å². The van der Waals surface area contributed by atoms with E-state index >= 15 is 0 Å². The predicted octanol–water partition coefficient (Wildman–Crippen LogP) is 2.96. The number of piperazine rings is 1. The predicted molar refractivity (Wildman–Crippen MR) is 74.7 cm³/mol. The average Bonchev–Trinajstić information content (AvgIpc) is 2.29. The largest absolute Gasteiger partial charge is 0.365 e. The molecule has 0 bridgehead atoms. The maximum Gasteiger partial charge on any atom is 0.0412 e. The number of hydrogen-bond acceptors (Lipinski definition) is 2. The Morgan fingerprint density at radius 3 is 2.53 bits per heavy atom. The maximum absolute atomic E-state index is 3.63. The van der Waals surface area contributed by atoms with Crippen molar-refractivity contribution in [1.82, 2.24) is 5.32 Å². The van der Waals surface area contributed by atoms with Gasteiger partial charge in [-0.15, -0.1) is 0 Å². The van der Waals surface area contributed by atoms with E-state index in [1.165, 1.54) is 17.7 Å². The molecule has 1 heterocycles. The van der Waals surface area contributed by atoms with Crippen molar-refractivity contribution in [2.45, 2.75) is 45.7 Å². The standard InChI is InChI=1S/C15H24N2/c1-5-13-10-16-15(3,4)11-17(13)14-8-6-12(2)7-9-14/h6-9,13,16H,5,10-11H2,1-4H3. The lowest BCUT2D eigenvalue weighted by molar-refractivity contribution is 0.306. The highest BCUT2D eigenvalue weighted by Crippen LogP contribution is 2.25. The van der Waals surface area contributed by atoms with Gasteiger partial charge in [-0.05, 0) is 39.3 Å². The van der Waals surface area contributed by atoms with Crippen LogP contribution in [-0.2, 0) is 0 Å². The smallest absolute Gasteiger partial charge is 0.0412 e. The molecular weight excluding hydrogens is 208 g/mol. The van der Waals surface area contributed by atoms with Gasteiger partial charge in [0.05, 0.1) is 0 Å². The first-order chi connectivity index (χ1) is 8.02. The molecule has 0 radical (unpaired) electrons. The van der Waals surface area contributed by atoms with Crippen molar-refractivity contribution < 1.29 is 0 Å². The molecule has 1 saturated heterocycles. The fraction of sp³-hybridized carbons (Fsp3) is 0.600. The highest BCUT2D eigenvalue weighted by Gasteiger charge is 2.31. The maximum atomic E-state index is 3.63. The van der Waals surface area contributed by atoms with Gasteiger partial charge in [0.15, 0.2) is 0 Å². The average molecular weight is 232 g/mol. The summed E-state index contributed by atoms with van der Waals surface area (Å²) in [6.07, 6.45) is 1.19. The molecule has 0 aromatic heterocycles. The van der Waals surface area contributed by atoms with Crippen LogP contribution >= 0.6 is 0 Å². The van der Waals surface area contributed by atoms with E-state index in [4.69, 9.17) is 0 Å². The molecule has 1 aromatic carbocycles. The molecule has 1 aliphatic rings. The normalized spacial score (nSPS) is 23.8. The molecule has 1 fully saturated rings. The van der Waals surface area contributed by atoms with Crippen LogP contribution in [0.15, 0.2) is 24.3 Å². The zero-order valence-electron chi connectivity index (χ0n) is 11.5. The number of nitrogens with zero attached hydrogens (tertiary/aromatic N) is 1. The minimum atomic E-state index is 0.205. The number of nitrogens with one attached hydrogen (secondary N) is 1. The van der Waals surface area contributed by atoms with E-state index in [0.29, 0.717) is 6.04 Å². The molecule has 0 aliphatic carbocycles. The van der Waals surface area contributed by atoms with E-state index in [-0.39, 0.29) is 5.54 Å². The van der Waals surface area contributed by atoms with E-state index in [9.17, 15) is 0 Å². The highest BCUT2D eigenvalue weighted by atomic mass is 15.2. The number of benzene rings is 1. The topological polar surface area (TPSA) is 15.3 Å². The molecule has 1 aliphatic heterocycles. The first-order valence-corrected chi connectivity index (χ1v) is 6.60. The van der Waals surface area contributed by atoms with E-state index in [0.717, 1.165) is 13.1 Å². The third-order valence-corrected chi connectivity index (χ3v) is 3.66. The first-order valence-electron chi connectivity index (χ1n) is 6.60. The van der Waals surface area contributed by atoms with Crippen LogP contribution in [0.5, 0.6) is 0 Å². The van der Waals surface area contributed by atoms with Gasteiger partial charge in [0, 0.05) is 30.4 Å². The summed E-state index contributed by atoms with van der Waals surface area (Å²) in [7, 11) is 0. The lowest BCUT2D eigenvalue weighted by Crippen LogP contribution is -2.61. The molecule has 1 N–H and O–H groups in total. The second-order valence-corrected chi connectivity index (χ2v) is 5.79. The van der Waals surface area contributed by atoms with Gasteiger partial charge in [0.2, 0.25) is 0 Å². The number of rotatable bonds is 2. The quantitative estimate of drug-likeness (QED) is 0.843. The number of hydrogen-bond donors (Lipinski definition) is 1. The van der Waals surface area contributed by atoms with E-state index in [1.54, 1.807) is 0 Å². The molecule has 2 rings (SSSR count). The minimum absolute atomic E-state index is 0.205. The van der Waals surface area contributed by atoms with Gasteiger partial charge in [-0.2, -0.15) is 0 Å². The molecule has 1 aromatic rings. The van der Waals surface area contributed by atoms with Crippen LogP contribution in [0.4, 0.5) is 5.69 Å². The summed E-state index contributed by atoms with van der Waals surface area (Å²) < 4.78 is 0. The van der Waals surface area contributed by atoms with Gasteiger partial charge < -0.3 is 10.2 Å². The van der Waals surface area contributed by atoms with Crippen LogP contribution in [0.2, 0.25) is 0 Å². The molecule has 17 heavy (non-hydrogen) atoms. The minimum Gasteiger partial charge on any atom is -0.365 e. The van der Waals surface area contributed by atoms with Gasteiger partial charge in [-0.25, -0.2) is 0 Å². The summed E-state index contributed by atoms with van der Waals surface area (Å²) in [4.78, 5) is 2.55. The van der Waals surface area contributed by atoms with Crippen molar-refractivity contribution in [1.29, 1.82) is 0 Å². The summed E-state index contributed by atoms with van der Waals surface area (Å²) in [5, 5.41) is 3.63. The van der Waals surface area contributed by atoms with E-state index in [2.05, 4.69) is 62.2 Å². The zero-order valence-corrected chi connectivity index (χ0v) is 11.5. The van der Waals surface area contributed by atoms with Crippen molar-refractivity contribution in [2.75, 3.05) is 18.0 Å². The first kappa shape index (κ1) is 12.4. The molecule has 1 atom stereocenters. The monoisotopic (exact) mass is 232 g/mol. The van der Waals surface area contributed by atoms with Gasteiger partial charge in [0.1, 0.15) is 0 Å². The number of aryl methyl sites for hydroxylation is 1. The van der Waals surface area contributed by atoms with Gasteiger partial charge >= 0.3 is 0 Å². The van der Waals surface area contributed by atoms with Gasteiger partial charge in [0.25, 0.3) is 0 Å². The van der Waals surface area contributed by atoms with Crippen LogP contribution in [-0.4, -0.2) is 24.7 Å². The van der Waals surface area contributed by atoms with Crippen molar-refractivity contribution in [3.05, 3.63) is 29.8 Å². The van der Waals surface area contributed by atoms with Crippen LogP contribution in [0.1, 0.15) is 32.8 Å².